The number of nitrogens with zero attached hydrogens (tertiary/aromatic N) is 3. The van der Waals surface area contributed by atoms with Crippen molar-refractivity contribution in [1.82, 2.24) is 9.78 Å². The molecule has 1 heterocycles. The lowest BCUT2D eigenvalue weighted by Crippen LogP contribution is -2.09. The van der Waals surface area contributed by atoms with E-state index in [1.165, 1.54) is 12.1 Å². The van der Waals surface area contributed by atoms with Gasteiger partial charge in [-0.25, -0.2) is 13.1 Å². The fourth-order valence-electron chi connectivity index (χ4n) is 3.40. The molecular formula is C23H20N4O4S. The summed E-state index contributed by atoms with van der Waals surface area (Å²) in [6.45, 7) is 1.91. The quantitative estimate of drug-likeness (QED) is 0.337. The van der Waals surface area contributed by atoms with Gasteiger partial charge in [-0.05, 0) is 60.5 Å². The lowest BCUT2D eigenvalue weighted by Gasteiger charge is -2.10. The minimum absolute atomic E-state index is 0.0579. The Kier molecular flexibility index (Phi) is 5.50. The minimum atomic E-state index is -3.34. The van der Waals surface area contributed by atoms with Gasteiger partial charge in [-0.2, -0.15) is 5.10 Å². The van der Waals surface area contributed by atoms with Crippen LogP contribution < -0.4 is 4.72 Å². The highest BCUT2D eigenvalue weighted by Gasteiger charge is 2.12. The van der Waals surface area contributed by atoms with E-state index in [2.05, 4.69) is 9.82 Å². The third kappa shape index (κ3) is 4.68. The molecule has 1 N–H and O–H groups in total. The SMILES string of the molecule is Cc1cc(-c2ccc(-c3ccc([N+](=O)[O-])cc3)cc2)n(-c2ccc(NS(C)(=O)=O)cc2)n1. The van der Waals surface area contributed by atoms with Gasteiger partial charge in [-0.1, -0.05) is 24.3 Å². The Bertz CT molecular complexity index is 1380. The van der Waals surface area contributed by atoms with E-state index in [1.54, 1.807) is 41.1 Å². The van der Waals surface area contributed by atoms with E-state index >= 15 is 0 Å². The molecule has 162 valence electrons. The van der Waals surface area contributed by atoms with Gasteiger partial charge in [0, 0.05) is 23.4 Å². The van der Waals surface area contributed by atoms with Gasteiger partial charge in [-0.15, -0.1) is 0 Å². The van der Waals surface area contributed by atoms with Crippen LogP contribution in [0, 0.1) is 17.0 Å². The second-order valence-corrected chi connectivity index (χ2v) is 9.13. The summed E-state index contributed by atoms with van der Waals surface area (Å²) < 4.78 is 27.1. The number of nitro groups is 1. The highest BCUT2D eigenvalue weighted by molar-refractivity contribution is 7.92. The van der Waals surface area contributed by atoms with Crippen molar-refractivity contribution in [3.05, 3.63) is 94.7 Å². The van der Waals surface area contributed by atoms with Crippen molar-refractivity contribution in [3.8, 4) is 28.1 Å². The van der Waals surface area contributed by atoms with Crippen molar-refractivity contribution in [2.75, 3.05) is 11.0 Å². The summed E-state index contributed by atoms with van der Waals surface area (Å²) >= 11 is 0. The first-order valence-corrected chi connectivity index (χ1v) is 11.6. The Morgan fingerprint density at radius 2 is 1.41 bits per heavy atom. The summed E-state index contributed by atoms with van der Waals surface area (Å²) in [5, 5.41) is 15.4. The summed E-state index contributed by atoms with van der Waals surface area (Å²) in [5.41, 5.74) is 5.86. The Labute approximate surface area is 185 Å². The molecule has 0 saturated heterocycles. The molecule has 0 radical (unpaired) electrons. The zero-order valence-corrected chi connectivity index (χ0v) is 18.2. The zero-order valence-electron chi connectivity index (χ0n) is 17.4. The Balaban J connectivity index is 1.63. The first kappa shape index (κ1) is 21.3. The van der Waals surface area contributed by atoms with Gasteiger partial charge >= 0.3 is 0 Å². The Morgan fingerprint density at radius 1 is 0.875 bits per heavy atom. The first-order valence-electron chi connectivity index (χ1n) is 9.70. The average Bonchev–Trinajstić information content (AvgIpc) is 3.15. The van der Waals surface area contributed by atoms with Crippen LogP contribution in [-0.2, 0) is 10.0 Å². The van der Waals surface area contributed by atoms with E-state index in [0.29, 0.717) is 5.69 Å². The fraction of sp³-hybridized carbons (Fsp3) is 0.0870. The van der Waals surface area contributed by atoms with Crippen LogP contribution in [0.5, 0.6) is 0 Å². The van der Waals surface area contributed by atoms with Crippen LogP contribution in [0.25, 0.3) is 28.1 Å². The van der Waals surface area contributed by atoms with Gasteiger partial charge in [0.15, 0.2) is 0 Å². The van der Waals surface area contributed by atoms with Crippen molar-refractivity contribution in [3.63, 3.8) is 0 Å². The fourth-order valence-corrected chi connectivity index (χ4v) is 3.96. The second-order valence-electron chi connectivity index (χ2n) is 7.39. The molecule has 0 bridgehead atoms. The van der Waals surface area contributed by atoms with Crippen LogP contribution in [0.3, 0.4) is 0 Å². The average molecular weight is 449 g/mol. The van der Waals surface area contributed by atoms with E-state index in [1.807, 2.05) is 37.3 Å². The topological polar surface area (TPSA) is 107 Å². The normalized spacial score (nSPS) is 11.3. The maximum atomic E-state index is 11.4. The third-order valence-corrected chi connectivity index (χ3v) is 5.45. The molecule has 4 rings (SSSR count). The molecule has 9 heteroatoms. The number of hydrogen-bond acceptors (Lipinski definition) is 5. The van der Waals surface area contributed by atoms with Crippen molar-refractivity contribution in [2.24, 2.45) is 0 Å². The number of nitro benzene ring substituents is 1. The van der Waals surface area contributed by atoms with Crippen LogP contribution in [0.4, 0.5) is 11.4 Å². The predicted octanol–water partition coefficient (Wildman–Crippen LogP) is 4.79. The maximum absolute atomic E-state index is 11.4. The standard InChI is InChI=1S/C23H20N4O4S/c1-16-15-23(26(24-16)21-13-9-20(10-14-21)25-32(2,30)31)19-5-3-17(4-6-19)18-7-11-22(12-8-18)27(28)29/h3-15,25H,1-2H3. The van der Waals surface area contributed by atoms with Crippen LogP contribution in [0.1, 0.15) is 5.69 Å². The number of hydrogen-bond donors (Lipinski definition) is 1. The number of benzene rings is 3. The van der Waals surface area contributed by atoms with Gasteiger partial charge in [-0.3, -0.25) is 14.8 Å². The number of anilines is 1. The molecule has 0 aliphatic heterocycles. The number of nitrogens with one attached hydrogen (secondary N) is 1. The van der Waals surface area contributed by atoms with Gasteiger partial charge < -0.3 is 0 Å². The number of aryl methyl sites for hydroxylation is 1. The van der Waals surface area contributed by atoms with E-state index in [9.17, 15) is 18.5 Å². The van der Waals surface area contributed by atoms with Crippen molar-refractivity contribution >= 4 is 21.4 Å². The molecule has 1 aromatic heterocycles. The molecular weight excluding hydrogens is 428 g/mol. The molecule has 0 spiro atoms. The summed E-state index contributed by atoms with van der Waals surface area (Å²) in [5.74, 6) is 0. The maximum Gasteiger partial charge on any atom is 0.269 e. The Hall–Kier alpha value is -3.98. The largest absolute Gasteiger partial charge is 0.284 e. The summed E-state index contributed by atoms with van der Waals surface area (Å²) in [6.07, 6.45) is 1.11. The Morgan fingerprint density at radius 3 is 1.94 bits per heavy atom. The lowest BCUT2D eigenvalue weighted by molar-refractivity contribution is -0.384. The van der Waals surface area contributed by atoms with E-state index < -0.39 is 14.9 Å². The zero-order chi connectivity index (χ0) is 22.9. The van der Waals surface area contributed by atoms with E-state index in [4.69, 9.17) is 0 Å². The van der Waals surface area contributed by atoms with Crippen LogP contribution in [0.15, 0.2) is 78.9 Å². The number of aromatic nitrogens is 2. The van der Waals surface area contributed by atoms with Crippen LogP contribution >= 0.6 is 0 Å². The minimum Gasteiger partial charge on any atom is -0.284 e. The highest BCUT2D eigenvalue weighted by atomic mass is 32.2. The molecule has 32 heavy (non-hydrogen) atoms. The molecule has 3 aromatic carbocycles. The number of rotatable bonds is 6. The molecule has 4 aromatic rings. The monoisotopic (exact) mass is 448 g/mol. The summed E-state index contributed by atoms with van der Waals surface area (Å²) in [6, 6.07) is 23.3. The number of non-ortho nitro benzene ring substituents is 1. The molecule has 0 atom stereocenters. The van der Waals surface area contributed by atoms with Gasteiger partial charge in [0.1, 0.15) is 0 Å². The predicted molar refractivity (Wildman–Crippen MR) is 124 cm³/mol. The summed E-state index contributed by atoms with van der Waals surface area (Å²) in [4.78, 5) is 10.4. The lowest BCUT2D eigenvalue weighted by atomic mass is 10.0. The molecule has 0 aliphatic carbocycles. The van der Waals surface area contributed by atoms with Gasteiger partial charge in [0.2, 0.25) is 10.0 Å². The van der Waals surface area contributed by atoms with Gasteiger partial charge in [0.05, 0.1) is 28.3 Å². The van der Waals surface area contributed by atoms with Crippen LogP contribution in [-0.4, -0.2) is 29.4 Å². The van der Waals surface area contributed by atoms with Crippen molar-refractivity contribution in [2.45, 2.75) is 6.92 Å². The first-order chi connectivity index (χ1) is 15.2. The highest BCUT2D eigenvalue weighted by Crippen LogP contribution is 2.28. The van der Waals surface area contributed by atoms with E-state index in [-0.39, 0.29) is 5.69 Å². The third-order valence-electron chi connectivity index (χ3n) is 4.84. The van der Waals surface area contributed by atoms with Crippen molar-refractivity contribution < 1.29 is 13.3 Å². The summed E-state index contributed by atoms with van der Waals surface area (Å²) in [7, 11) is -3.34. The molecule has 8 nitrogen and oxygen atoms in total. The molecule has 0 amide bonds. The van der Waals surface area contributed by atoms with Gasteiger partial charge in [0.25, 0.3) is 5.69 Å². The molecule has 0 aliphatic rings. The van der Waals surface area contributed by atoms with Crippen molar-refractivity contribution in [1.29, 1.82) is 0 Å². The second kappa shape index (κ2) is 8.27. The van der Waals surface area contributed by atoms with E-state index in [0.717, 1.165) is 40.0 Å². The number of sulfonamides is 1. The smallest absolute Gasteiger partial charge is 0.269 e. The molecule has 0 fully saturated rings. The molecule has 0 unspecified atom stereocenters. The molecule has 0 saturated carbocycles. The van der Waals surface area contributed by atoms with Crippen LogP contribution in [0.2, 0.25) is 0 Å².